The Morgan fingerprint density at radius 3 is 2.68 bits per heavy atom. The number of aryl methyl sites for hydroxylation is 1. The summed E-state index contributed by atoms with van der Waals surface area (Å²) in [4.78, 5) is 32.3. The van der Waals surface area contributed by atoms with E-state index in [0.29, 0.717) is 22.9 Å². The molecule has 3 heterocycles. The second kappa shape index (κ2) is 13.5. The standard InChI is InChI=1S/C26H34F3N5O3S/c1-18-14-32-24(16-30-18)37-17-23(35)31-15-20-4-2-19(3-5-20)6-10-34-11-7-21-22(8-12-34)38-25(33-21)36-13-9-26(27,28)29/h14-16,19-20H,2-13,17H2,1H3. The first-order valence-electron chi connectivity index (χ1n) is 13.1. The topological polar surface area (TPSA) is 89.8 Å². The van der Waals surface area contributed by atoms with Gasteiger partial charge in [0, 0.05) is 30.6 Å². The van der Waals surface area contributed by atoms with Crippen molar-refractivity contribution in [2.75, 3.05) is 32.8 Å². The number of thiazole rings is 1. The maximum absolute atomic E-state index is 12.3. The van der Waals surface area contributed by atoms with Gasteiger partial charge >= 0.3 is 6.18 Å². The normalized spacial score (nSPS) is 20.7. The third-order valence-electron chi connectivity index (χ3n) is 6.96. The zero-order chi connectivity index (χ0) is 27.0. The molecule has 2 aromatic heterocycles. The van der Waals surface area contributed by atoms with Crippen molar-refractivity contribution in [1.29, 1.82) is 0 Å². The molecule has 8 nitrogen and oxygen atoms in total. The fourth-order valence-electron chi connectivity index (χ4n) is 4.73. The van der Waals surface area contributed by atoms with E-state index in [1.54, 1.807) is 12.4 Å². The Kier molecular flexibility index (Phi) is 10.1. The molecule has 0 bridgehead atoms. The molecule has 1 aliphatic heterocycles. The summed E-state index contributed by atoms with van der Waals surface area (Å²) in [7, 11) is 0. The molecular formula is C26H34F3N5O3S. The van der Waals surface area contributed by atoms with Crippen LogP contribution in [-0.4, -0.2) is 71.0 Å². The van der Waals surface area contributed by atoms with Gasteiger partial charge in [0.1, 0.15) is 0 Å². The molecule has 1 amide bonds. The van der Waals surface area contributed by atoms with Crippen LogP contribution in [0.5, 0.6) is 11.1 Å². The minimum atomic E-state index is -4.21. The second-order valence-corrected chi connectivity index (χ2v) is 11.0. The van der Waals surface area contributed by atoms with Gasteiger partial charge in [-0.3, -0.25) is 9.78 Å². The highest BCUT2D eigenvalue weighted by Gasteiger charge is 2.27. The zero-order valence-corrected chi connectivity index (χ0v) is 22.4. The lowest BCUT2D eigenvalue weighted by Crippen LogP contribution is -2.29. The van der Waals surface area contributed by atoms with Crippen LogP contribution < -0.4 is 9.47 Å². The first-order chi connectivity index (χ1) is 18.2. The summed E-state index contributed by atoms with van der Waals surface area (Å²) in [5, 5.41) is 0.350. The molecule has 0 atom stereocenters. The van der Waals surface area contributed by atoms with Gasteiger partial charge in [0.2, 0.25) is 5.88 Å². The molecule has 0 unspecified atom stereocenters. The summed E-state index contributed by atoms with van der Waals surface area (Å²) in [5.74, 6) is 0.985. The lowest BCUT2D eigenvalue weighted by molar-refractivity contribution is -0.139. The number of ether oxygens (including phenoxy) is 2. The first-order valence-corrected chi connectivity index (χ1v) is 13.9. The monoisotopic (exact) mass is 553 g/mol. The molecule has 0 saturated heterocycles. The molecule has 0 N–H and O–H groups in total. The molecule has 0 aromatic carbocycles. The van der Waals surface area contributed by atoms with E-state index in [0.717, 1.165) is 80.8 Å². The summed E-state index contributed by atoms with van der Waals surface area (Å²) in [5.41, 5.74) is 1.75. The Hall–Kier alpha value is -2.60. The van der Waals surface area contributed by atoms with E-state index >= 15 is 0 Å². The van der Waals surface area contributed by atoms with Crippen LogP contribution in [0.2, 0.25) is 0 Å². The molecule has 4 rings (SSSR count). The van der Waals surface area contributed by atoms with Crippen molar-refractivity contribution in [3.05, 3.63) is 28.7 Å². The number of hydrogen-bond donors (Lipinski definition) is 0. The SMILES string of the molecule is Cc1cnc(OCC(=O)N=CC2CCC(CCN3CCc4nc(OCCC(F)(F)F)sc4CC3)CC2)cn1. The number of hydrogen-bond acceptors (Lipinski definition) is 8. The molecular weight excluding hydrogens is 519 g/mol. The molecule has 1 fully saturated rings. The van der Waals surface area contributed by atoms with Gasteiger partial charge in [0.15, 0.2) is 6.61 Å². The number of aliphatic imine (C=N–C) groups is 1. The number of carbonyl (C=O) groups excluding carboxylic acids is 1. The largest absolute Gasteiger partial charge is 0.470 e. The van der Waals surface area contributed by atoms with E-state index in [2.05, 4.69) is 24.8 Å². The Bertz CT molecular complexity index is 1040. The number of rotatable bonds is 10. The first kappa shape index (κ1) is 28.4. The summed E-state index contributed by atoms with van der Waals surface area (Å²) in [6.45, 7) is 4.16. The van der Waals surface area contributed by atoms with Gasteiger partial charge in [-0.1, -0.05) is 11.3 Å². The average Bonchev–Trinajstić information content (AvgIpc) is 3.18. The summed E-state index contributed by atoms with van der Waals surface area (Å²) >= 11 is 1.38. The molecule has 1 aliphatic carbocycles. The molecule has 0 spiro atoms. The van der Waals surface area contributed by atoms with Gasteiger partial charge in [0.05, 0.1) is 36.8 Å². The van der Waals surface area contributed by atoms with E-state index in [1.165, 1.54) is 17.5 Å². The van der Waals surface area contributed by atoms with Crippen molar-refractivity contribution in [3.8, 4) is 11.1 Å². The molecule has 0 radical (unpaired) electrons. The van der Waals surface area contributed by atoms with Crippen molar-refractivity contribution < 1.29 is 27.4 Å². The van der Waals surface area contributed by atoms with Crippen molar-refractivity contribution in [1.82, 2.24) is 19.9 Å². The van der Waals surface area contributed by atoms with Crippen LogP contribution in [0.1, 0.15) is 54.8 Å². The van der Waals surface area contributed by atoms with Crippen molar-refractivity contribution in [2.45, 2.75) is 64.5 Å². The van der Waals surface area contributed by atoms with Crippen molar-refractivity contribution in [2.24, 2.45) is 16.8 Å². The van der Waals surface area contributed by atoms with Gasteiger partial charge in [-0.2, -0.15) is 13.2 Å². The minimum Gasteiger partial charge on any atom is -0.470 e. The van der Waals surface area contributed by atoms with Crippen LogP contribution >= 0.6 is 11.3 Å². The number of carbonyl (C=O) groups is 1. The Morgan fingerprint density at radius 1 is 1.16 bits per heavy atom. The highest BCUT2D eigenvalue weighted by Crippen LogP contribution is 2.32. The maximum atomic E-state index is 12.3. The highest BCUT2D eigenvalue weighted by molar-refractivity contribution is 7.13. The summed E-state index contributed by atoms with van der Waals surface area (Å²) < 4.78 is 47.6. The van der Waals surface area contributed by atoms with Crippen LogP contribution in [0.3, 0.4) is 0 Å². The van der Waals surface area contributed by atoms with Crippen LogP contribution in [-0.2, 0) is 17.6 Å². The Balaban J connectivity index is 1.10. The van der Waals surface area contributed by atoms with Crippen molar-refractivity contribution >= 4 is 23.5 Å². The minimum absolute atomic E-state index is 0.145. The molecule has 1 saturated carbocycles. The van der Waals surface area contributed by atoms with Gasteiger partial charge < -0.3 is 14.4 Å². The predicted octanol–water partition coefficient (Wildman–Crippen LogP) is 4.85. The Labute approximate surface area is 224 Å². The van der Waals surface area contributed by atoms with E-state index in [-0.39, 0.29) is 19.1 Å². The number of nitrogens with zero attached hydrogens (tertiary/aromatic N) is 5. The molecule has 208 valence electrons. The zero-order valence-electron chi connectivity index (χ0n) is 21.6. The summed E-state index contributed by atoms with van der Waals surface area (Å²) in [6, 6.07) is 0. The smallest absolute Gasteiger partial charge is 0.392 e. The second-order valence-electron chi connectivity index (χ2n) is 9.93. The van der Waals surface area contributed by atoms with Crippen LogP contribution in [0.25, 0.3) is 0 Å². The van der Waals surface area contributed by atoms with Crippen LogP contribution in [0.4, 0.5) is 13.2 Å². The third kappa shape index (κ3) is 9.30. The van der Waals surface area contributed by atoms with Gasteiger partial charge in [-0.25, -0.2) is 15.0 Å². The van der Waals surface area contributed by atoms with Crippen LogP contribution in [0.15, 0.2) is 17.4 Å². The fourth-order valence-corrected chi connectivity index (χ4v) is 5.70. The highest BCUT2D eigenvalue weighted by atomic mass is 32.1. The number of amides is 1. The maximum Gasteiger partial charge on any atom is 0.392 e. The van der Waals surface area contributed by atoms with Gasteiger partial charge in [0.25, 0.3) is 11.1 Å². The molecule has 2 aliphatic rings. The van der Waals surface area contributed by atoms with E-state index in [4.69, 9.17) is 9.47 Å². The lowest BCUT2D eigenvalue weighted by atomic mass is 9.81. The average molecular weight is 554 g/mol. The number of aromatic nitrogens is 3. The summed E-state index contributed by atoms with van der Waals surface area (Å²) in [6.07, 6.45) is 6.80. The molecule has 38 heavy (non-hydrogen) atoms. The predicted molar refractivity (Wildman–Crippen MR) is 138 cm³/mol. The Morgan fingerprint density at radius 2 is 1.95 bits per heavy atom. The third-order valence-corrected chi connectivity index (χ3v) is 8.03. The van der Waals surface area contributed by atoms with Crippen molar-refractivity contribution in [3.63, 3.8) is 0 Å². The molecule has 2 aromatic rings. The number of fused-ring (bicyclic) bond motifs is 1. The van der Waals surface area contributed by atoms with E-state index < -0.39 is 12.6 Å². The van der Waals surface area contributed by atoms with Gasteiger partial charge in [-0.05, 0) is 63.8 Å². The number of halogens is 3. The molecule has 12 heteroatoms. The number of alkyl halides is 3. The van der Waals surface area contributed by atoms with E-state index in [9.17, 15) is 18.0 Å². The quantitative estimate of drug-likeness (QED) is 0.389. The van der Waals surface area contributed by atoms with Crippen LogP contribution in [0, 0.1) is 18.8 Å². The fraction of sp³-hybridized carbons (Fsp3) is 0.654. The van der Waals surface area contributed by atoms with E-state index in [1.807, 2.05) is 6.92 Å². The lowest BCUT2D eigenvalue weighted by Gasteiger charge is -2.28. The van der Waals surface area contributed by atoms with Gasteiger partial charge in [-0.15, -0.1) is 0 Å².